The van der Waals surface area contributed by atoms with E-state index < -0.39 is 0 Å². The highest BCUT2D eigenvalue weighted by atomic mass is 32.1. The van der Waals surface area contributed by atoms with Gasteiger partial charge in [0, 0.05) is 36.3 Å². The number of rotatable bonds is 4. The van der Waals surface area contributed by atoms with Crippen molar-refractivity contribution < 1.29 is 13.9 Å². The summed E-state index contributed by atoms with van der Waals surface area (Å²) in [5.74, 6) is 1.02. The molecule has 1 amide bonds. The molecule has 5 rings (SSSR count). The lowest BCUT2D eigenvalue weighted by molar-refractivity contribution is 0.0141. The largest absolute Gasteiger partial charge is 0.459 e. The molecule has 3 saturated heterocycles. The van der Waals surface area contributed by atoms with Crippen LogP contribution < -0.4 is 10.2 Å². The summed E-state index contributed by atoms with van der Waals surface area (Å²) in [4.78, 5) is 20.6. The van der Waals surface area contributed by atoms with Crippen molar-refractivity contribution in [3.05, 3.63) is 34.7 Å². The molecule has 2 bridgehead atoms. The zero-order valence-corrected chi connectivity index (χ0v) is 15.8. The van der Waals surface area contributed by atoms with Gasteiger partial charge in [-0.25, -0.2) is 4.98 Å². The number of nitrogens with zero attached hydrogens (tertiary/aromatic N) is 2. The Morgan fingerprint density at radius 3 is 3.12 bits per heavy atom. The number of nitrogens with one attached hydrogen (secondary N) is 1. The van der Waals surface area contributed by atoms with E-state index in [9.17, 15) is 4.79 Å². The van der Waals surface area contributed by atoms with Gasteiger partial charge in [0.25, 0.3) is 5.91 Å². The number of thiazole rings is 1. The Balaban J connectivity index is 1.31. The summed E-state index contributed by atoms with van der Waals surface area (Å²) in [6.45, 7) is 6.72. The Kier molecular flexibility index (Phi) is 3.66. The predicted octanol–water partition coefficient (Wildman–Crippen LogP) is 2.77. The predicted molar refractivity (Wildman–Crippen MR) is 98.7 cm³/mol. The molecule has 3 aliphatic heterocycles. The summed E-state index contributed by atoms with van der Waals surface area (Å²) >= 11 is 1.77. The van der Waals surface area contributed by atoms with Crippen molar-refractivity contribution in [2.45, 2.75) is 38.4 Å². The van der Waals surface area contributed by atoms with Gasteiger partial charge in [-0.1, -0.05) is 0 Å². The molecular formula is C19H23N3O3S. The number of hydrogen-bond donors (Lipinski definition) is 1. The van der Waals surface area contributed by atoms with Crippen LogP contribution in [0.3, 0.4) is 0 Å². The Morgan fingerprint density at radius 1 is 1.50 bits per heavy atom. The molecule has 26 heavy (non-hydrogen) atoms. The van der Waals surface area contributed by atoms with E-state index in [1.165, 1.54) is 11.1 Å². The third-order valence-electron chi connectivity index (χ3n) is 6.31. The van der Waals surface area contributed by atoms with Crippen LogP contribution in [0.5, 0.6) is 0 Å². The van der Waals surface area contributed by atoms with Gasteiger partial charge in [-0.3, -0.25) is 4.79 Å². The normalized spacial score (nSPS) is 32.2. The van der Waals surface area contributed by atoms with Gasteiger partial charge in [-0.15, -0.1) is 11.3 Å². The van der Waals surface area contributed by atoms with Gasteiger partial charge in [0.2, 0.25) is 0 Å². The van der Waals surface area contributed by atoms with Gasteiger partial charge < -0.3 is 19.4 Å². The van der Waals surface area contributed by atoms with Gasteiger partial charge in [-0.2, -0.15) is 0 Å². The van der Waals surface area contributed by atoms with Gasteiger partial charge in [0.1, 0.15) is 0 Å². The molecule has 3 fully saturated rings. The molecule has 2 aromatic rings. The maximum atomic E-state index is 12.2. The lowest BCUT2D eigenvalue weighted by Crippen LogP contribution is -2.41. The summed E-state index contributed by atoms with van der Waals surface area (Å²) in [6, 6.07) is 3.43. The molecule has 3 aliphatic rings. The monoisotopic (exact) mass is 373 g/mol. The second-order valence-electron chi connectivity index (χ2n) is 7.74. The second-order valence-corrected chi connectivity index (χ2v) is 8.92. The smallest absolute Gasteiger partial charge is 0.286 e. The molecule has 2 aromatic heterocycles. The van der Waals surface area contributed by atoms with Crippen LogP contribution in [-0.4, -0.2) is 42.2 Å². The number of fused-ring (bicyclic) bond motifs is 1. The Morgan fingerprint density at radius 2 is 2.38 bits per heavy atom. The molecule has 0 radical (unpaired) electrons. The Labute approximate surface area is 156 Å². The number of ether oxygens (including phenoxy) is 1. The third-order valence-corrected chi connectivity index (χ3v) is 7.45. The fourth-order valence-electron chi connectivity index (χ4n) is 4.91. The number of hydrogen-bond acceptors (Lipinski definition) is 6. The topological polar surface area (TPSA) is 67.6 Å². The van der Waals surface area contributed by atoms with Crippen LogP contribution in [0, 0.1) is 25.7 Å². The fourth-order valence-corrected chi connectivity index (χ4v) is 5.82. The number of anilines is 1. The average Bonchev–Trinajstić information content (AvgIpc) is 3.40. The van der Waals surface area contributed by atoms with Crippen LogP contribution in [0.2, 0.25) is 0 Å². The number of carbonyl (C=O) groups excluding carboxylic acids is 1. The summed E-state index contributed by atoms with van der Waals surface area (Å²) in [6.07, 6.45) is 3.99. The lowest BCUT2D eigenvalue weighted by atomic mass is 9.73. The molecule has 0 unspecified atom stereocenters. The summed E-state index contributed by atoms with van der Waals surface area (Å²) in [5, 5.41) is 4.15. The maximum absolute atomic E-state index is 12.2. The number of amides is 1. The number of aromatic nitrogens is 1. The quantitative estimate of drug-likeness (QED) is 0.893. The first-order valence-corrected chi connectivity index (χ1v) is 10.1. The van der Waals surface area contributed by atoms with Crippen LogP contribution in [0.4, 0.5) is 5.13 Å². The van der Waals surface area contributed by atoms with Gasteiger partial charge in [0.15, 0.2) is 10.9 Å². The first-order valence-electron chi connectivity index (χ1n) is 9.24. The first-order chi connectivity index (χ1) is 12.6. The molecule has 0 aliphatic carbocycles. The number of aryl methyl sites for hydroxylation is 2. The van der Waals surface area contributed by atoms with Crippen LogP contribution >= 0.6 is 11.3 Å². The van der Waals surface area contributed by atoms with E-state index in [1.807, 2.05) is 0 Å². The van der Waals surface area contributed by atoms with Gasteiger partial charge in [-0.05, 0) is 38.8 Å². The maximum Gasteiger partial charge on any atom is 0.286 e. The standard InChI is InChI=1S/C19H23N3O3S/c1-11-12(2)26-18(21-11)22-9-14-13(15-5-6-19(14,10-22)25-15)8-20-17(23)16-4-3-7-24-16/h3-4,7,13-15H,5-6,8-10H2,1-2H3,(H,20,23)/t13-,14+,15+,19+/m0/s1. The van der Waals surface area contributed by atoms with E-state index in [4.69, 9.17) is 14.1 Å². The van der Waals surface area contributed by atoms with E-state index in [-0.39, 0.29) is 17.6 Å². The molecule has 1 N–H and O–H groups in total. The first kappa shape index (κ1) is 16.3. The van der Waals surface area contributed by atoms with Crippen molar-refractivity contribution in [2.24, 2.45) is 11.8 Å². The Bertz CT molecular complexity index is 814. The molecule has 4 atom stereocenters. The minimum atomic E-state index is -0.146. The summed E-state index contributed by atoms with van der Waals surface area (Å²) in [5.41, 5.74) is 1.06. The average molecular weight is 373 g/mol. The third kappa shape index (κ3) is 2.41. The van der Waals surface area contributed by atoms with Crippen LogP contribution in [0.25, 0.3) is 0 Å². The molecule has 5 heterocycles. The summed E-state index contributed by atoms with van der Waals surface area (Å²) in [7, 11) is 0. The zero-order chi connectivity index (χ0) is 17.9. The number of carbonyl (C=O) groups is 1. The van der Waals surface area contributed by atoms with Gasteiger partial charge >= 0.3 is 0 Å². The molecule has 138 valence electrons. The SMILES string of the molecule is Cc1nc(N2C[C@@H]3[C@H](CNC(=O)c4ccco4)[C@H]4CC[C@]3(C2)O4)sc1C. The van der Waals surface area contributed by atoms with Gasteiger partial charge in [0.05, 0.1) is 23.7 Å². The van der Waals surface area contributed by atoms with E-state index >= 15 is 0 Å². The molecule has 1 spiro atoms. The molecule has 6 nitrogen and oxygen atoms in total. The van der Waals surface area contributed by atoms with E-state index in [0.29, 0.717) is 24.1 Å². The minimum Gasteiger partial charge on any atom is -0.459 e. The van der Waals surface area contributed by atoms with E-state index in [2.05, 4.69) is 24.1 Å². The molecule has 0 aromatic carbocycles. The van der Waals surface area contributed by atoms with Crippen LogP contribution in [0.15, 0.2) is 22.8 Å². The van der Waals surface area contributed by atoms with Crippen molar-refractivity contribution in [1.29, 1.82) is 0 Å². The van der Waals surface area contributed by atoms with E-state index in [1.54, 1.807) is 23.5 Å². The summed E-state index contributed by atoms with van der Waals surface area (Å²) < 4.78 is 11.7. The second kappa shape index (κ2) is 5.82. The fraction of sp³-hybridized carbons (Fsp3) is 0.579. The minimum absolute atomic E-state index is 0.0573. The number of furan rings is 1. The van der Waals surface area contributed by atoms with Crippen molar-refractivity contribution in [2.75, 3.05) is 24.5 Å². The highest BCUT2D eigenvalue weighted by molar-refractivity contribution is 7.15. The molecule has 0 saturated carbocycles. The molecular weight excluding hydrogens is 350 g/mol. The molecule has 7 heteroatoms. The van der Waals surface area contributed by atoms with Crippen molar-refractivity contribution in [3.63, 3.8) is 0 Å². The zero-order valence-electron chi connectivity index (χ0n) is 15.0. The van der Waals surface area contributed by atoms with Crippen LogP contribution in [-0.2, 0) is 4.74 Å². The van der Waals surface area contributed by atoms with Crippen molar-refractivity contribution >= 4 is 22.4 Å². The van der Waals surface area contributed by atoms with E-state index in [0.717, 1.165) is 36.8 Å². The Hall–Kier alpha value is -1.86. The highest BCUT2D eigenvalue weighted by Crippen LogP contribution is 2.55. The highest BCUT2D eigenvalue weighted by Gasteiger charge is 2.63. The van der Waals surface area contributed by atoms with Crippen molar-refractivity contribution in [3.8, 4) is 0 Å². The van der Waals surface area contributed by atoms with Crippen LogP contribution in [0.1, 0.15) is 34.0 Å². The lowest BCUT2D eigenvalue weighted by Gasteiger charge is -2.29. The van der Waals surface area contributed by atoms with Crippen molar-refractivity contribution in [1.82, 2.24) is 10.3 Å².